The number of benzene rings is 2. The van der Waals surface area contributed by atoms with Gasteiger partial charge in [-0.25, -0.2) is 8.78 Å². The molecular weight excluding hydrogens is 449 g/mol. The molecule has 0 bridgehead atoms. The van der Waals surface area contributed by atoms with Crippen LogP contribution in [0, 0.1) is 25.5 Å². The summed E-state index contributed by atoms with van der Waals surface area (Å²) in [5.41, 5.74) is 0.792. The second-order valence-electron chi connectivity index (χ2n) is 7.41. The summed E-state index contributed by atoms with van der Waals surface area (Å²) in [5, 5.41) is 0. The van der Waals surface area contributed by atoms with Gasteiger partial charge in [0.1, 0.15) is 12.5 Å². The van der Waals surface area contributed by atoms with E-state index in [1.54, 1.807) is 13.8 Å². The molecule has 1 aliphatic heterocycles. The maximum atomic E-state index is 14.5. The predicted molar refractivity (Wildman–Crippen MR) is 110 cm³/mol. The molecule has 0 saturated carbocycles. The van der Waals surface area contributed by atoms with Crippen LogP contribution in [0.15, 0.2) is 47.3 Å². The van der Waals surface area contributed by atoms with E-state index in [9.17, 15) is 31.5 Å². The van der Waals surface area contributed by atoms with Crippen LogP contribution < -0.4 is 20.1 Å². The van der Waals surface area contributed by atoms with Gasteiger partial charge in [-0.05, 0) is 49.7 Å². The molecule has 2 heterocycles. The topological polar surface area (TPSA) is 65.6 Å². The number of rotatable bonds is 3. The zero-order chi connectivity index (χ0) is 24.1. The number of nitrogens with zero attached hydrogens (tertiary/aromatic N) is 2. The average molecular weight is 465 g/mol. The van der Waals surface area contributed by atoms with E-state index >= 15 is 0 Å². The first-order valence-electron chi connectivity index (χ1n) is 9.59. The number of alkyl halides is 3. The average Bonchev–Trinajstić information content (AvgIpc) is 2.70. The van der Waals surface area contributed by atoms with Crippen molar-refractivity contribution in [2.75, 3.05) is 16.5 Å². The van der Waals surface area contributed by atoms with Crippen LogP contribution in [0.4, 0.5) is 39.0 Å². The Kier molecular flexibility index (Phi) is 5.35. The van der Waals surface area contributed by atoms with Gasteiger partial charge in [-0.2, -0.15) is 0 Å². The summed E-state index contributed by atoms with van der Waals surface area (Å²) in [4.78, 5) is 30.1. The fourth-order valence-corrected chi connectivity index (χ4v) is 3.74. The van der Waals surface area contributed by atoms with Crippen LogP contribution >= 0.6 is 0 Å². The third-order valence-corrected chi connectivity index (χ3v) is 5.15. The molecule has 0 atom stereocenters. The zero-order valence-corrected chi connectivity index (χ0v) is 17.3. The van der Waals surface area contributed by atoms with Crippen LogP contribution in [0.25, 0.3) is 0 Å². The van der Waals surface area contributed by atoms with Gasteiger partial charge in [0.15, 0.2) is 11.6 Å². The largest absolute Gasteiger partial charge is 0.573 e. The van der Waals surface area contributed by atoms with E-state index in [0.29, 0.717) is 28.7 Å². The number of aromatic nitrogens is 1. The second-order valence-corrected chi connectivity index (χ2v) is 7.41. The molecule has 172 valence electrons. The standard InChI is InChI=1S/C22H16F5N3O3/c1-11-7-13(23)3-4-16(11)29-10-30(17-5-6-20(31)28-12(17)2)21(32)14-8-15(24)19(9-18(14)29)33-22(25,26)27/h3-9H,10H2,1-2H3,(H,28,31). The van der Waals surface area contributed by atoms with Gasteiger partial charge in [0.25, 0.3) is 5.91 Å². The molecule has 0 fully saturated rings. The number of aryl methyl sites for hydroxylation is 2. The minimum atomic E-state index is -5.15. The number of pyridine rings is 1. The fourth-order valence-electron chi connectivity index (χ4n) is 3.74. The van der Waals surface area contributed by atoms with Crippen molar-refractivity contribution in [1.29, 1.82) is 0 Å². The monoisotopic (exact) mass is 465 g/mol. The van der Waals surface area contributed by atoms with E-state index in [2.05, 4.69) is 9.72 Å². The number of aromatic amines is 1. The molecule has 0 radical (unpaired) electrons. The lowest BCUT2D eigenvalue weighted by atomic mass is 10.0. The van der Waals surface area contributed by atoms with Crippen molar-refractivity contribution >= 4 is 23.0 Å². The number of nitrogens with one attached hydrogen (secondary N) is 1. The highest BCUT2D eigenvalue weighted by molar-refractivity contribution is 6.13. The van der Waals surface area contributed by atoms with Crippen molar-refractivity contribution < 1.29 is 31.5 Å². The molecule has 11 heteroatoms. The summed E-state index contributed by atoms with van der Waals surface area (Å²) in [6, 6.07) is 7.84. The maximum Gasteiger partial charge on any atom is 0.573 e. The van der Waals surface area contributed by atoms with Gasteiger partial charge < -0.3 is 14.6 Å². The van der Waals surface area contributed by atoms with Crippen LogP contribution in [0.2, 0.25) is 0 Å². The highest BCUT2D eigenvalue weighted by Crippen LogP contribution is 2.41. The Morgan fingerprint density at radius 2 is 1.61 bits per heavy atom. The van der Waals surface area contributed by atoms with Gasteiger partial charge in [0, 0.05) is 23.5 Å². The highest BCUT2D eigenvalue weighted by atomic mass is 19.4. The van der Waals surface area contributed by atoms with E-state index in [1.807, 2.05) is 0 Å². The summed E-state index contributed by atoms with van der Waals surface area (Å²) >= 11 is 0. The van der Waals surface area contributed by atoms with Gasteiger partial charge in [0.05, 0.1) is 16.9 Å². The maximum absolute atomic E-state index is 14.5. The fraction of sp³-hybridized carbons (Fsp3) is 0.182. The van der Waals surface area contributed by atoms with Crippen LogP contribution in [0.1, 0.15) is 21.6 Å². The van der Waals surface area contributed by atoms with Crippen LogP contribution in [-0.4, -0.2) is 23.9 Å². The first-order valence-corrected chi connectivity index (χ1v) is 9.59. The number of hydrogen-bond acceptors (Lipinski definition) is 4. The Hall–Kier alpha value is -3.89. The molecule has 3 aromatic rings. The number of halogens is 5. The van der Waals surface area contributed by atoms with Gasteiger partial charge >= 0.3 is 6.36 Å². The molecule has 0 saturated heterocycles. The number of amides is 1. The van der Waals surface area contributed by atoms with Gasteiger partial charge in [0.2, 0.25) is 5.56 Å². The number of anilines is 3. The number of H-pyrrole nitrogens is 1. The Morgan fingerprint density at radius 1 is 0.909 bits per heavy atom. The zero-order valence-electron chi connectivity index (χ0n) is 17.3. The van der Waals surface area contributed by atoms with Gasteiger partial charge in [-0.1, -0.05) is 0 Å². The number of hydrogen-bond donors (Lipinski definition) is 1. The van der Waals surface area contributed by atoms with E-state index in [1.165, 1.54) is 34.1 Å². The predicted octanol–water partition coefficient (Wildman–Crippen LogP) is 4.92. The molecule has 33 heavy (non-hydrogen) atoms. The van der Waals surface area contributed by atoms with Gasteiger partial charge in [-0.3, -0.25) is 14.5 Å². The number of fused-ring (bicyclic) bond motifs is 1. The molecule has 1 aromatic heterocycles. The van der Waals surface area contributed by atoms with Crippen LogP contribution in [0.5, 0.6) is 5.75 Å². The van der Waals surface area contributed by atoms with Crippen molar-refractivity contribution in [3.05, 3.63) is 81.3 Å². The molecule has 6 nitrogen and oxygen atoms in total. The smallest absolute Gasteiger partial charge is 0.403 e. The van der Waals surface area contributed by atoms with Crippen molar-refractivity contribution in [3.63, 3.8) is 0 Å². The molecule has 0 aliphatic carbocycles. The lowest BCUT2D eigenvalue weighted by Gasteiger charge is -2.39. The minimum absolute atomic E-state index is 0.0475. The normalized spacial score (nSPS) is 13.8. The summed E-state index contributed by atoms with van der Waals surface area (Å²) in [7, 11) is 0. The van der Waals surface area contributed by atoms with Crippen LogP contribution in [0.3, 0.4) is 0 Å². The van der Waals surface area contributed by atoms with Crippen molar-refractivity contribution in [1.82, 2.24) is 4.98 Å². The molecule has 1 N–H and O–H groups in total. The van der Waals surface area contributed by atoms with Crippen molar-refractivity contribution in [3.8, 4) is 5.75 Å². The van der Waals surface area contributed by atoms with E-state index < -0.39 is 35.2 Å². The molecule has 0 spiro atoms. The first-order chi connectivity index (χ1) is 15.4. The molecule has 1 amide bonds. The Morgan fingerprint density at radius 3 is 2.24 bits per heavy atom. The number of ether oxygens (including phenoxy) is 1. The van der Waals surface area contributed by atoms with Crippen molar-refractivity contribution in [2.45, 2.75) is 20.2 Å². The van der Waals surface area contributed by atoms with Gasteiger partial charge in [-0.15, -0.1) is 13.2 Å². The van der Waals surface area contributed by atoms with E-state index in [0.717, 1.165) is 12.1 Å². The van der Waals surface area contributed by atoms with Crippen LogP contribution in [-0.2, 0) is 0 Å². The Balaban J connectivity index is 1.92. The SMILES string of the molecule is Cc1cc(F)ccc1N1CN(c2ccc(=O)[nH]c2C)C(=O)c2cc(F)c(OC(F)(F)F)cc21. The minimum Gasteiger partial charge on any atom is -0.403 e. The number of carbonyl (C=O) groups is 1. The molecule has 2 aromatic carbocycles. The molecule has 1 aliphatic rings. The highest BCUT2D eigenvalue weighted by Gasteiger charge is 2.37. The molecule has 4 rings (SSSR count). The first kappa shape index (κ1) is 22.3. The molecule has 0 unspecified atom stereocenters. The number of carbonyl (C=O) groups excluding carboxylic acids is 1. The van der Waals surface area contributed by atoms with E-state index in [-0.39, 0.29) is 17.9 Å². The summed E-state index contributed by atoms with van der Waals surface area (Å²) < 4.78 is 70.3. The summed E-state index contributed by atoms with van der Waals surface area (Å²) in [5.74, 6) is -3.71. The lowest BCUT2D eigenvalue weighted by molar-refractivity contribution is -0.275. The summed E-state index contributed by atoms with van der Waals surface area (Å²) in [6.45, 7) is 2.94. The quantitative estimate of drug-likeness (QED) is 0.558. The van der Waals surface area contributed by atoms with E-state index in [4.69, 9.17) is 0 Å². The molecular formula is C22H16F5N3O3. The lowest BCUT2D eigenvalue weighted by Crippen LogP contribution is -2.45. The summed E-state index contributed by atoms with van der Waals surface area (Å²) in [6.07, 6.45) is -5.15. The Bertz CT molecular complexity index is 1320. The van der Waals surface area contributed by atoms with Crippen molar-refractivity contribution in [2.24, 2.45) is 0 Å². The second kappa shape index (κ2) is 7.91. The Labute approximate surface area is 183 Å². The third-order valence-electron chi connectivity index (χ3n) is 5.15. The third kappa shape index (κ3) is 4.26.